The van der Waals surface area contributed by atoms with Crippen LogP contribution >= 0.6 is 0 Å². The van der Waals surface area contributed by atoms with Gasteiger partial charge in [-0.1, -0.05) is 32.9 Å². The highest BCUT2D eigenvalue weighted by molar-refractivity contribution is 5.91. The first-order chi connectivity index (χ1) is 7.11. The fourth-order valence-electron chi connectivity index (χ4n) is 1.74. The van der Waals surface area contributed by atoms with E-state index in [2.05, 4.69) is 13.8 Å². The lowest BCUT2D eigenvalue weighted by atomic mass is 9.92. The molecule has 0 spiro atoms. The first-order valence-corrected chi connectivity index (χ1v) is 5.12. The highest BCUT2D eigenvalue weighted by atomic mass is 16.5. The van der Waals surface area contributed by atoms with E-state index < -0.39 is 0 Å². The van der Waals surface area contributed by atoms with Crippen molar-refractivity contribution in [1.29, 1.82) is 0 Å². The van der Waals surface area contributed by atoms with E-state index in [-0.39, 0.29) is 5.97 Å². The van der Waals surface area contributed by atoms with E-state index in [0.29, 0.717) is 5.56 Å². The van der Waals surface area contributed by atoms with Crippen molar-refractivity contribution < 1.29 is 9.53 Å². The van der Waals surface area contributed by atoms with Gasteiger partial charge in [0.1, 0.15) is 0 Å². The van der Waals surface area contributed by atoms with E-state index in [4.69, 9.17) is 4.74 Å². The Hall–Kier alpha value is -1.31. The minimum absolute atomic E-state index is 0.255. The fraction of sp³-hybridized carbons (Fsp3) is 0.385. The second kappa shape index (κ2) is 4.96. The van der Waals surface area contributed by atoms with Crippen molar-refractivity contribution >= 4 is 5.97 Å². The summed E-state index contributed by atoms with van der Waals surface area (Å²) in [5.41, 5.74) is 2.91. The largest absolute Gasteiger partial charge is 0.465 e. The van der Waals surface area contributed by atoms with Gasteiger partial charge in [0.05, 0.1) is 12.7 Å². The minimum atomic E-state index is -0.255. The smallest absolute Gasteiger partial charge is 0.338 e. The molecule has 0 amide bonds. The Morgan fingerprint density at radius 3 is 2.33 bits per heavy atom. The lowest BCUT2D eigenvalue weighted by Gasteiger charge is -2.14. The lowest BCUT2D eigenvalue weighted by Crippen LogP contribution is -2.08. The number of esters is 1. The van der Waals surface area contributed by atoms with E-state index >= 15 is 0 Å². The van der Waals surface area contributed by atoms with Gasteiger partial charge < -0.3 is 4.74 Å². The molecule has 0 bridgehead atoms. The molecule has 2 nitrogen and oxygen atoms in total. The molecule has 1 aromatic carbocycles. The molecule has 81 valence electrons. The van der Waals surface area contributed by atoms with Crippen LogP contribution in [0.4, 0.5) is 0 Å². The maximum absolute atomic E-state index is 11.5. The number of methoxy groups -OCH3 is 1. The second-order valence-corrected chi connectivity index (χ2v) is 3.68. The summed E-state index contributed by atoms with van der Waals surface area (Å²) in [4.78, 5) is 11.5. The highest BCUT2D eigenvalue weighted by Gasteiger charge is 2.15. The molecule has 1 radical (unpaired) electrons. The van der Waals surface area contributed by atoms with Crippen molar-refractivity contribution in [1.82, 2.24) is 0 Å². The molecule has 0 aliphatic rings. The first kappa shape index (κ1) is 11.8. The van der Waals surface area contributed by atoms with Crippen molar-refractivity contribution in [3.8, 4) is 0 Å². The topological polar surface area (TPSA) is 26.3 Å². The normalized spacial score (nSPS) is 10.5. The van der Waals surface area contributed by atoms with Gasteiger partial charge in [-0.05, 0) is 29.5 Å². The molecule has 0 N–H and O–H groups in total. The summed E-state index contributed by atoms with van der Waals surface area (Å²) in [7, 11) is 1.41. The van der Waals surface area contributed by atoms with E-state index in [9.17, 15) is 4.79 Å². The van der Waals surface area contributed by atoms with Gasteiger partial charge in [-0.25, -0.2) is 4.79 Å². The van der Waals surface area contributed by atoms with Crippen LogP contribution in [-0.4, -0.2) is 13.1 Å². The number of rotatable bonds is 3. The van der Waals surface area contributed by atoms with E-state index in [1.165, 1.54) is 13.0 Å². The average Bonchev–Trinajstić information content (AvgIpc) is 2.26. The number of carbonyl (C=O) groups is 1. The average molecular weight is 205 g/mol. The summed E-state index contributed by atoms with van der Waals surface area (Å²) in [6, 6.07) is 5.76. The quantitative estimate of drug-likeness (QED) is 0.709. The van der Waals surface area contributed by atoms with E-state index in [1.54, 1.807) is 0 Å². The number of carbonyl (C=O) groups excluding carboxylic acids is 1. The van der Waals surface area contributed by atoms with Gasteiger partial charge in [-0.3, -0.25) is 0 Å². The van der Waals surface area contributed by atoms with Crippen molar-refractivity contribution in [3.05, 3.63) is 40.8 Å². The molecular formula is C13H17O2. The van der Waals surface area contributed by atoms with Gasteiger partial charge in [-0.15, -0.1) is 0 Å². The van der Waals surface area contributed by atoms with Crippen molar-refractivity contribution in [2.45, 2.75) is 27.2 Å². The van der Waals surface area contributed by atoms with E-state index in [0.717, 1.165) is 17.5 Å². The molecule has 1 aromatic rings. The highest BCUT2D eigenvalue weighted by Crippen LogP contribution is 2.23. The fourth-order valence-corrected chi connectivity index (χ4v) is 1.74. The van der Waals surface area contributed by atoms with Crippen molar-refractivity contribution in [2.24, 2.45) is 0 Å². The Balaban J connectivity index is 3.28. The molecule has 0 atom stereocenters. The Morgan fingerprint density at radius 2 is 1.87 bits per heavy atom. The van der Waals surface area contributed by atoms with Crippen LogP contribution in [0.15, 0.2) is 18.2 Å². The predicted molar refractivity (Wildman–Crippen MR) is 60.9 cm³/mol. The van der Waals surface area contributed by atoms with Crippen LogP contribution in [0, 0.1) is 5.92 Å². The van der Waals surface area contributed by atoms with Crippen molar-refractivity contribution in [3.63, 3.8) is 0 Å². The summed E-state index contributed by atoms with van der Waals surface area (Å²) < 4.78 is 4.77. The number of ether oxygens (including phenoxy) is 1. The van der Waals surface area contributed by atoms with Gasteiger partial charge in [0, 0.05) is 0 Å². The molecule has 0 saturated carbocycles. The van der Waals surface area contributed by atoms with Crippen LogP contribution in [0.3, 0.4) is 0 Å². The van der Waals surface area contributed by atoms with Gasteiger partial charge in [-0.2, -0.15) is 0 Å². The Morgan fingerprint density at radius 1 is 1.27 bits per heavy atom. The molecular weight excluding hydrogens is 188 g/mol. The summed E-state index contributed by atoms with van der Waals surface area (Å²) in [6.07, 6.45) is 0.839. The third-order valence-electron chi connectivity index (χ3n) is 2.47. The molecule has 0 heterocycles. The molecule has 0 aliphatic carbocycles. The molecule has 0 unspecified atom stereocenters. The summed E-state index contributed by atoms with van der Waals surface area (Å²) in [6.45, 7) is 6.15. The van der Waals surface area contributed by atoms with Crippen LogP contribution in [-0.2, 0) is 11.2 Å². The van der Waals surface area contributed by atoms with Crippen LogP contribution in [0.5, 0.6) is 0 Å². The maximum atomic E-state index is 11.5. The van der Waals surface area contributed by atoms with Crippen LogP contribution in [0.25, 0.3) is 0 Å². The standard InChI is InChI=1S/C13H17O2/c1-5-10-11(9(2)3)7-6-8-12(10)13(14)15-4/h6-8H,5H2,1-4H3. The molecule has 1 rings (SSSR count). The zero-order chi connectivity index (χ0) is 11.4. The number of hydrogen-bond donors (Lipinski definition) is 0. The lowest BCUT2D eigenvalue weighted by molar-refractivity contribution is 0.0599. The number of hydrogen-bond acceptors (Lipinski definition) is 2. The van der Waals surface area contributed by atoms with Gasteiger partial charge >= 0.3 is 5.97 Å². The Bertz CT molecular complexity index is 354. The second-order valence-electron chi connectivity index (χ2n) is 3.68. The van der Waals surface area contributed by atoms with Crippen LogP contribution in [0.1, 0.15) is 42.3 Å². The molecule has 0 fully saturated rings. The summed E-state index contributed by atoms with van der Waals surface area (Å²) >= 11 is 0. The maximum Gasteiger partial charge on any atom is 0.338 e. The summed E-state index contributed by atoms with van der Waals surface area (Å²) in [5.74, 6) is 0.965. The van der Waals surface area contributed by atoms with Crippen LogP contribution < -0.4 is 0 Å². The van der Waals surface area contributed by atoms with Gasteiger partial charge in [0.15, 0.2) is 0 Å². The zero-order valence-corrected chi connectivity index (χ0v) is 9.76. The molecule has 0 aliphatic heterocycles. The van der Waals surface area contributed by atoms with Gasteiger partial charge in [0.2, 0.25) is 0 Å². The minimum Gasteiger partial charge on any atom is -0.465 e. The van der Waals surface area contributed by atoms with Crippen molar-refractivity contribution in [2.75, 3.05) is 7.11 Å². The van der Waals surface area contributed by atoms with E-state index in [1.807, 2.05) is 25.1 Å². The van der Waals surface area contributed by atoms with Gasteiger partial charge in [0.25, 0.3) is 0 Å². The first-order valence-electron chi connectivity index (χ1n) is 5.12. The molecule has 0 aromatic heterocycles. The molecule has 2 heteroatoms. The third-order valence-corrected chi connectivity index (χ3v) is 2.47. The molecule has 15 heavy (non-hydrogen) atoms. The Labute approximate surface area is 91.3 Å². The monoisotopic (exact) mass is 205 g/mol. The SMILES string of the molecule is CCc1c([C](C)C)cccc1C(=O)OC. The Kier molecular flexibility index (Phi) is 3.89. The molecule has 0 saturated heterocycles. The van der Waals surface area contributed by atoms with Crippen LogP contribution in [0.2, 0.25) is 0 Å². The zero-order valence-electron chi connectivity index (χ0n) is 9.76. The summed E-state index contributed by atoms with van der Waals surface area (Å²) in [5, 5.41) is 0. The third kappa shape index (κ3) is 2.38. The number of benzene rings is 1. The predicted octanol–water partition coefficient (Wildman–Crippen LogP) is 3.00.